The van der Waals surface area contributed by atoms with E-state index in [-0.39, 0.29) is 0 Å². The minimum atomic E-state index is -0.844. The van der Waals surface area contributed by atoms with E-state index < -0.39 is 12.0 Å². The van der Waals surface area contributed by atoms with Crippen LogP contribution in [0.15, 0.2) is 54.7 Å². The van der Waals surface area contributed by atoms with Crippen molar-refractivity contribution in [1.29, 1.82) is 0 Å². The van der Waals surface area contributed by atoms with Gasteiger partial charge in [-0.2, -0.15) is 0 Å². The molecule has 2 N–H and O–H groups in total. The third kappa shape index (κ3) is 3.62. The summed E-state index contributed by atoms with van der Waals surface area (Å²) in [5, 5.41) is 12.7. The molecule has 1 fully saturated rings. The fourth-order valence-electron chi connectivity index (χ4n) is 4.54. The Morgan fingerprint density at radius 3 is 2.65 bits per heavy atom. The highest BCUT2D eigenvalue weighted by molar-refractivity contribution is 6.31. The number of pyridine rings is 1. The number of hydrogen-bond acceptors (Lipinski definition) is 4. The molecule has 0 radical (unpaired) electrons. The summed E-state index contributed by atoms with van der Waals surface area (Å²) < 4.78 is 0. The summed E-state index contributed by atoms with van der Waals surface area (Å²) >= 11 is 6.08. The quantitative estimate of drug-likeness (QED) is 0.490. The Balaban J connectivity index is 1.39. The first-order valence-corrected chi connectivity index (χ1v) is 10.7. The van der Waals surface area contributed by atoms with Gasteiger partial charge >= 0.3 is 5.97 Å². The molecule has 5 rings (SSSR count). The molecule has 0 aliphatic carbocycles. The standard InChI is InChI=1S/C24H23ClN4O2/c1-15-12-22(27-20-5-3-2-4-17(15)20)28-8-10-29(11-9-28)23(24(30)31)19-14-26-21-13-16(25)6-7-18(19)21/h2-7,12-14,23,26H,8-11H2,1H3,(H,30,31)/t23-/m0/s1. The van der Waals surface area contributed by atoms with Crippen molar-refractivity contribution in [3.8, 4) is 0 Å². The summed E-state index contributed by atoms with van der Waals surface area (Å²) in [5.41, 5.74) is 3.81. The normalized spacial score (nSPS) is 16.1. The van der Waals surface area contributed by atoms with E-state index in [9.17, 15) is 9.90 Å². The van der Waals surface area contributed by atoms with E-state index in [4.69, 9.17) is 16.6 Å². The number of aliphatic carboxylic acids is 1. The average Bonchev–Trinajstić information content (AvgIpc) is 3.16. The van der Waals surface area contributed by atoms with Gasteiger partial charge < -0.3 is 15.0 Å². The number of aromatic amines is 1. The number of benzene rings is 2. The van der Waals surface area contributed by atoms with Gasteiger partial charge in [0.05, 0.1) is 5.52 Å². The predicted molar refractivity (Wildman–Crippen MR) is 124 cm³/mol. The number of carboxylic acid groups (broad SMARTS) is 1. The third-order valence-electron chi connectivity index (χ3n) is 6.12. The van der Waals surface area contributed by atoms with Crippen molar-refractivity contribution in [2.24, 2.45) is 0 Å². The van der Waals surface area contributed by atoms with Crippen LogP contribution in [-0.4, -0.2) is 52.1 Å². The van der Waals surface area contributed by atoms with Gasteiger partial charge in [0.15, 0.2) is 0 Å². The minimum absolute atomic E-state index is 0.625. The highest BCUT2D eigenvalue weighted by Gasteiger charge is 2.32. The Kier molecular flexibility index (Phi) is 5.04. The number of hydrogen-bond donors (Lipinski definition) is 2. The summed E-state index contributed by atoms with van der Waals surface area (Å²) in [5.74, 6) is 0.105. The molecule has 0 spiro atoms. The summed E-state index contributed by atoms with van der Waals surface area (Å²) in [6, 6.07) is 15.1. The molecule has 1 aliphatic rings. The number of piperazine rings is 1. The second-order valence-electron chi connectivity index (χ2n) is 8.01. The lowest BCUT2D eigenvalue weighted by atomic mass is 10.0. The number of rotatable bonds is 4. The Morgan fingerprint density at radius 2 is 1.87 bits per heavy atom. The monoisotopic (exact) mass is 434 g/mol. The van der Waals surface area contributed by atoms with Crippen molar-refractivity contribution in [3.63, 3.8) is 0 Å². The molecule has 2 aromatic heterocycles. The number of aromatic nitrogens is 2. The molecule has 4 aromatic rings. The van der Waals surface area contributed by atoms with Gasteiger partial charge in [0, 0.05) is 59.3 Å². The van der Waals surface area contributed by atoms with Gasteiger partial charge in [-0.3, -0.25) is 9.69 Å². The van der Waals surface area contributed by atoms with Crippen LogP contribution >= 0.6 is 11.6 Å². The van der Waals surface area contributed by atoms with Crippen LogP contribution in [0.2, 0.25) is 5.02 Å². The topological polar surface area (TPSA) is 72.5 Å². The number of anilines is 1. The molecule has 1 saturated heterocycles. The van der Waals surface area contributed by atoms with Gasteiger partial charge in [0.25, 0.3) is 0 Å². The van der Waals surface area contributed by atoms with E-state index in [2.05, 4.69) is 28.9 Å². The molecule has 0 amide bonds. The van der Waals surface area contributed by atoms with Crippen LogP contribution < -0.4 is 4.90 Å². The van der Waals surface area contributed by atoms with Crippen molar-refractivity contribution in [1.82, 2.24) is 14.9 Å². The average molecular weight is 435 g/mol. The van der Waals surface area contributed by atoms with E-state index in [1.165, 1.54) is 5.56 Å². The lowest BCUT2D eigenvalue weighted by Gasteiger charge is -2.38. The first-order chi connectivity index (χ1) is 15.0. The molecule has 158 valence electrons. The number of para-hydroxylation sites is 1. The smallest absolute Gasteiger partial charge is 0.325 e. The largest absolute Gasteiger partial charge is 0.480 e. The van der Waals surface area contributed by atoms with Crippen molar-refractivity contribution < 1.29 is 9.90 Å². The van der Waals surface area contributed by atoms with Crippen molar-refractivity contribution in [2.75, 3.05) is 31.1 Å². The number of H-pyrrole nitrogens is 1. The lowest BCUT2D eigenvalue weighted by molar-refractivity contribution is -0.143. The fourth-order valence-corrected chi connectivity index (χ4v) is 4.71. The second kappa shape index (κ2) is 7.87. The molecule has 1 atom stereocenters. The fraction of sp³-hybridized carbons (Fsp3) is 0.250. The number of nitrogens with zero attached hydrogens (tertiary/aromatic N) is 3. The van der Waals surface area contributed by atoms with Gasteiger partial charge in [-0.25, -0.2) is 4.98 Å². The molecule has 2 aromatic carbocycles. The first kappa shape index (κ1) is 19.8. The molecule has 31 heavy (non-hydrogen) atoms. The maximum Gasteiger partial charge on any atom is 0.325 e. The number of halogens is 1. The Hall–Kier alpha value is -3.09. The number of nitrogens with one attached hydrogen (secondary N) is 1. The molecule has 6 nitrogen and oxygen atoms in total. The number of aryl methyl sites for hydroxylation is 1. The van der Waals surface area contributed by atoms with Gasteiger partial charge in [0.1, 0.15) is 11.9 Å². The van der Waals surface area contributed by atoms with E-state index in [0.29, 0.717) is 18.1 Å². The molecule has 0 bridgehead atoms. The summed E-state index contributed by atoms with van der Waals surface area (Å²) in [6.07, 6.45) is 1.79. The molecular weight excluding hydrogens is 412 g/mol. The molecule has 0 unspecified atom stereocenters. The van der Waals surface area contributed by atoms with Crippen molar-refractivity contribution in [2.45, 2.75) is 13.0 Å². The minimum Gasteiger partial charge on any atom is -0.480 e. The zero-order valence-electron chi connectivity index (χ0n) is 17.2. The Morgan fingerprint density at radius 1 is 1.10 bits per heavy atom. The van der Waals surface area contributed by atoms with E-state index in [1.807, 2.05) is 35.2 Å². The van der Waals surface area contributed by atoms with Crippen LogP contribution in [0.3, 0.4) is 0 Å². The maximum absolute atomic E-state index is 12.2. The summed E-state index contributed by atoms with van der Waals surface area (Å²) in [6.45, 7) is 4.84. The Labute approximate surface area is 185 Å². The predicted octanol–water partition coefficient (Wildman–Crippen LogP) is 4.63. The van der Waals surface area contributed by atoms with Crippen LogP contribution in [-0.2, 0) is 4.79 Å². The van der Waals surface area contributed by atoms with Gasteiger partial charge in [0.2, 0.25) is 0 Å². The molecular formula is C24H23ClN4O2. The molecule has 3 heterocycles. The maximum atomic E-state index is 12.2. The molecule has 7 heteroatoms. The number of fused-ring (bicyclic) bond motifs is 2. The van der Waals surface area contributed by atoms with E-state index in [0.717, 1.165) is 46.3 Å². The third-order valence-corrected chi connectivity index (χ3v) is 6.35. The van der Waals surface area contributed by atoms with Crippen LogP contribution in [0.5, 0.6) is 0 Å². The molecule has 1 aliphatic heterocycles. The van der Waals surface area contributed by atoms with Crippen molar-refractivity contribution >= 4 is 45.2 Å². The van der Waals surface area contributed by atoms with Crippen LogP contribution in [0.1, 0.15) is 17.2 Å². The van der Waals surface area contributed by atoms with Crippen LogP contribution in [0.25, 0.3) is 21.8 Å². The first-order valence-electron chi connectivity index (χ1n) is 10.4. The second-order valence-corrected chi connectivity index (χ2v) is 8.45. The zero-order valence-corrected chi connectivity index (χ0v) is 17.9. The zero-order chi connectivity index (χ0) is 21.5. The van der Waals surface area contributed by atoms with E-state index in [1.54, 1.807) is 12.3 Å². The summed E-state index contributed by atoms with van der Waals surface area (Å²) in [4.78, 5) is 24.5. The SMILES string of the molecule is Cc1cc(N2CCN([C@H](C(=O)O)c3c[nH]c4cc(Cl)ccc34)CC2)nc2ccccc12. The van der Waals surface area contributed by atoms with E-state index >= 15 is 0 Å². The van der Waals surface area contributed by atoms with Gasteiger partial charge in [-0.1, -0.05) is 35.9 Å². The van der Waals surface area contributed by atoms with Crippen LogP contribution in [0.4, 0.5) is 5.82 Å². The molecule has 0 saturated carbocycles. The van der Waals surface area contributed by atoms with Crippen molar-refractivity contribution in [3.05, 3.63) is 70.9 Å². The highest BCUT2D eigenvalue weighted by atomic mass is 35.5. The van der Waals surface area contributed by atoms with Gasteiger partial charge in [-0.15, -0.1) is 0 Å². The lowest BCUT2D eigenvalue weighted by Crippen LogP contribution is -2.49. The van der Waals surface area contributed by atoms with Gasteiger partial charge in [-0.05, 0) is 36.8 Å². The highest BCUT2D eigenvalue weighted by Crippen LogP contribution is 2.31. The summed E-state index contributed by atoms with van der Waals surface area (Å²) in [7, 11) is 0. The number of carbonyl (C=O) groups is 1. The van der Waals surface area contributed by atoms with Crippen LogP contribution in [0, 0.1) is 6.92 Å². The Bertz CT molecular complexity index is 1280. The number of carboxylic acids is 1.